The Morgan fingerprint density at radius 2 is 2.29 bits per heavy atom. The molecule has 0 bridgehead atoms. The van der Waals surface area contributed by atoms with Gasteiger partial charge >= 0.3 is 5.97 Å². The number of hydrogen-bond donors (Lipinski definition) is 1. The molecule has 1 aliphatic heterocycles. The van der Waals surface area contributed by atoms with Crippen LogP contribution in [0.3, 0.4) is 0 Å². The molecular formula is C10H10N2O2. The van der Waals surface area contributed by atoms with Gasteiger partial charge < -0.3 is 10.5 Å². The summed E-state index contributed by atoms with van der Waals surface area (Å²) in [5, 5.41) is 0. The fourth-order valence-corrected chi connectivity index (χ4v) is 1.45. The van der Waals surface area contributed by atoms with Crippen molar-refractivity contribution in [1.29, 1.82) is 0 Å². The van der Waals surface area contributed by atoms with Gasteiger partial charge in [-0.15, -0.1) is 0 Å². The van der Waals surface area contributed by atoms with Gasteiger partial charge in [-0.2, -0.15) is 0 Å². The van der Waals surface area contributed by atoms with Crippen molar-refractivity contribution in [3.8, 4) is 5.75 Å². The van der Waals surface area contributed by atoms with E-state index in [1.54, 1.807) is 19.2 Å². The maximum absolute atomic E-state index is 11.2. The second-order valence-electron chi connectivity index (χ2n) is 3.08. The molecule has 14 heavy (non-hydrogen) atoms. The zero-order valence-electron chi connectivity index (χ0n) is 7.78. The Kier molecular flexibility index (Phi) is 1.96. The first-order valence-electron chi connectivity index (χ1n) is 4.27. The molecule has 0 saturated carbocycles. The molecule has 0 aliphatic carbocycles. The van der Waals surface area contributed by atoms with Gasteiger partial charge in [0.15, 0.2) is 0 Å². The Morgan fingerprint density at radius 3 is 3.00 bits per heavy atom. The van der Waals surface area contributed by atoms with E-state index in [1.165, 1.54) is 0 Å². The number of fused-ring (bicyclic) bond motifs is 1. The van der Waals surface area contributed by atoms with E-state index in [2.05, 4.69) is 4.99 Å². The Balaban J connectivity index is 2.57. The predicted molar refractivity (Wildman–Crippen MR) is 53.6 cm³/mol. The second-order valence-corrected chi connectivity index (χ2v) is 3.08. The minimum absolute atomic E-state index is 0.230. The van der Waals surface area contributed by atoms with Crippen LogP contribution in [0.4, 0.5) is 5.69 Å². The maximum atomic E-state index is 11.2. The van der Waals surface area contributed by atoms with Crippen LogP contribution in [-0.4, -0.2) is 18.7 Å². The number of benzene rings is 1. The Morgan fingerprint density at radius 1 is 1.50 bits per heavy atom. The van der Waals surface area contributed by atoms with Crippen molar-refractivity contribution in [2.45, 2.75) is 6.42 Å². The maximum Gasteiger partial charge on any atom is 0.317 e. The summed E-state index contributed by atoms with van der Waals surface area (Å²) in [4.78, 5) is 15.2. The topological polar surface area (TPSA) is 64.7 Å². The van der Waals surface area contributed by atoms with E-state index in [-0.39, 0.29) is 12.4 Å². The van der Waals surface area contributed by atoms with Crippen LogP contribution in [-0.2, 0) is 4.79 Å². The third kappa shape index (κ3) is 1.35. The molecule has 0 unspecified atom stereocenters. The third-order valence-corrected chi connectivity index (χ3v) is 2.12. The predicted octanol–water partition coefficient (Wildman–Crippen LogP) is 0.997. The lowest BCUT2D eigenvalue weighted by Gasteiger charge is -2.17. The molecule has 2 rings (SSSR count). The summed E-state index contributed by atoms with van der Waals surface area (Å²) in [5.74, 6) is 0.213. The number of hydrogen-bond acceptors (Lipinski definition) is 4. The molecule has 4 heteroatoms. The monoisotopic (exact) mass is 190 g/mol. The number of aliphatic imine (C=N–C) groups is 1. The molecule has 72 valence electrons. The summed E-state index contributed by atoms with van der Waals surface area (Å²) in [6, 6.07) is 5.22. The Labute approximate surface area is 81.4 Å². The van der Waals surface area contributed by atoms with Crippen LogP contribution >= 0.6 is 0 Å². The standard InChI is InChI=1S/C10H10N2O2/c1-12-8-5-10(13)14-9-4-6(11)2-3-7(8)9/h2-4H,5,11H2,1H3/b12-8+. The normalized spacial score (nSPS) is 17.8. The minimum atomic E-state index is -0.288. The van der Waals surface area contributed by atoms with Gasteiger partial charge in [-0.1, -0.05) is 0 Å². The molecule has 1 aliphatic rings. The van der Waals surface area contributed by atoms with Crippen molar-refractivity contribution >= 4 is 17.4 Å². The SMILES string of the molecule is C/N=C1\CC(=O)Oc2cc(N)ccc21. The van der Waals surface area contributed by atoms with Crippen LogP contribution in [0.5, 0.6) is 5.75 Å². The highest BCUT2D eigenvalue weighted by Gasteiger charge is 2.22. The van der Waals surface area contributed by atoms with E-state index in [1.807, 2.05) is 6.07 Å². The molecule has 1 aromatic carbocycles. The first kappa shape index (κ1) is 8.74. The number of carbonyl (C=O) groups is 1. The van der Waals surface area contributed by atoms with Gasteiger partial charge in [-0.05, 0) is 12.1 Å². The largest absolute Gasteiger partial charge is 0.425 e. The molecule has 1 heterocycles. The van der Waals surface area contributed by atoms with Crippen molar-refractivity contribution in [2.75, 3.05) is 12.8 Å². The smallest absolute Gasteiger partial charge is 0.317 e. The molecular weight excluding hydrogens is 180 g/mol. The van der Waals surface area contributed by atoms with Crippen LogP contribution in [0.2, 0.25) is 0 Å². The molecule has 1 aromatic rings. The zero-order chi connectivity index (χ0) is 10.1. The number of nitrogens with zero attached hydrogens (tertiary/aromatic N) is 1. The molecule has 0 fully saturated rings. The molecule has 4 nitrogen and oxygen atoms in total. The van der Waals surface area contributed by atoms with Crippen LogP contribution in [0.1, 0.15) is 12.0 Å². The molecule has 0 aromatic heterocycles. The van der Waals surface area contributed by atoms with Crippen molar-refractivity contribution in [2.24, 2.45) is 4.99 Å². The number of carbonyl (C=O) groups excluding carboxylic acids is 1. The second kappa shape index (κ2) is 3.14. The van der Waals surface area contributed by atoms with Gasteiger partial charge in [0.05, 0.1) is 12.1 Å². The number of ether oxygens (including phenoxy) is 1. The fourth-order valence-electron chi connectivity index (χ4n) is 1.45. The number of nitrogens with two attached hydrogens (primary N) is 1. The summed E-state index contributed by atoms with van der Waals surface area (Å²) in [6.45, 7) is 0. The van der Waals surface area contributed by atoms with Crippen LogP contribution in [0.25, 0.3) is 0 Å². The average Bonchev–Trinajstić information content (AvgIpc) is 2.15. The van der Waals surface area contributed by atoms with Gasteiger partial charge in [0.1, 0.15) is 5.75 Å². The highest BCUT2D eigenvalue weighted by molar-refractivity contribution is 6.14. The van der Waals surface area contributed by atoms with E-state index in [9.17, 15) is 4.79 Å². The number of rotatable bonds is 0. The summed E-state index contributed by atoms with van der Waals surface area (Å²) < 4.78 is 5.04. The average molecular weight is 190 g/mol. The van der Waals surface area contributed by atoms with E-state index in [0.717, 1.165) is 11.3 Å². The molecule has 0 saturated heterocycles. The van der Waals surface area contributed by atoms with Crippen LogP contribution in [0.15, 0.2) is 23.2 Å². The first-order valence-corrected chi connectivity index (χ1v) is 4.27. The lowest BCUT2D eigenvalue weighted by atomic mass is 10.0. The summed E-state index contributed by atoms with van der Waals surface area (Å²) in [7, 11) is 1.66. The van der Waals surface area contributed by atoms with Gasteiger partial charge in [-0.3, -0.25) is 9.79 Å². The molecule has 0 amide bonds. The fraction of sp³-hybridized carbons (Fsp3) is 0.200. The summed E-state index contributed by atoms with van der Waals surface area (Å²) in [5.41, 5.74) is 7.76. The first-order chi connectivity index (χ1) is 6.70. The summed E-state index contributed by atoms with van der Waals surface area (Å²) >= 11 is 0. The minimum Gasteiger partial charge on any atom is -0.425 e. The Hall–Kier alpha value is -1.84. The quantitative estimate of drug-likeness (QED) is 0.377. The molecule has 0 radical (unpaired) electrons. The lowest BCUT2D eigenvalue weighted by Crippen LogP contribution is -2.22. The number of anilines is 1. The summed E-state index contributed by atoms with van der Waals surface area (Å²) in [6.07, 6.45) is 0.230. The van der Waals surface area contributed by atoms with Crippen LogP contribution in [0, 0.1) is 0 Å². The van der Waals surface area contributed by atoms with Gasteiger partial charge in [0.25, 0.3) is 0 Å². The number of esters is 1. The van der Waals surface area contributed by atoms with Crippen molar-refractivity contribution < 1.29 is 9.53 Å². The zero-order valence-corrected chi connectivity index (χ0v) is 7.78. The van der Waals surface area contributed by atoms with Gasteiger partial charge in [0, 0.05) is 24.4 Å². The Bertz CT molecular complexity index is 424. The lowest BCUT2D eigenvalue weighted by molar-refractivity contribution is -0.133. The highest BCUT2D eigenvalue weighted by Crippen LogP contribution is 2.27. The van der Waals surface area contributed by atoms with Crippen LogP contribution < -0.4 is 10.5 Å². The van der Waals surface area contributed by atoms with Crippen molar-refractivity contribution in [1.82, 2.24) is 0 Å². The molecule has 0 atom stereocenters. The van der Waals surface area contributed by atoms with E-state index < -0.39 is 0 Å². The van der Waals surface area contributed by atoms with Gasteiger partial charge in [0.2, 0.25) is 0 Å². The van der Waals surface area contributed by atoms with E-state index in [0.29, 0.717) is 11.4 Å². The van der Waals surface area contributed by atoms with Crippen molar-refractivity contribution in [3.05, 3.63) is 23.8 Å². The van der Waals surface area contributed by atoms with E-state index in [4.69, 9.17) is 10.5 Å². The molecule has 0 spiro atoms. The van der Waals surface area contributed by atoms with Gasteiger partial charge in [-0.25, -0.2) is 0 Å². The van der Waals surface area contributed by atoms with E-state index >= 15 is 0 Å². The molecule has 2 N–H and O–H groups in total. The highest BCUT2D eigenvalue weighted by atomic mass is 16.5. The number of nitrogen functional groups attached to an aromatic ring is 1. The van der Waals surface area contributed by atoms with Crippen molar-refractivity contribution in [3.63, 3.8) is 0 Å². The third-order valence-electron chi connectivity index (χ3n) is 2.12.